The second-order valence-electron chi connectivity index (χ2n) is 5.84. The maximum atomic E-state index is 4.61. The molecule has 0 aliphatic heterocycles. The lowest BCUT2D eigenvalue weighted by Gasteiger charge is -2.21. The summed E-state index contributed by atoms with van der Waals surface area (Å²) >= 11 is 0. The van der Waals surface area contributed by atoms with Crippen LogP contribution in [0.15, 0.2) is 35.3 Å². The summed E-state index contributed by atoms with van der Waals surface area (Å²) in [6.07, 6.45) is 6.88. The van der Waals surface area contributed by atoms with Gasteiger partial charge in [-0.1, -0.05) is 45.1 Å². The summed E-state index contributed by atoms with van der Waals surface area (Å²) in [5.74, 6) is 1.01. The molecule has 0 aliphatic carbocycles. The zero-order valence-corrected chi connectivity index (χ0v) is 13.8. The topological polar surface area (TPSA) is 15.6 Å². The van der Waals surface area contributed by atoms with Crippen molar-refractivity contribution in [2.75, 3.05) is 14.1 Å². The molecule has 0 aliphatic rings. The van der Waals surface area contributed by atoms with Gasteiger partial charge in [-0.15, -0.1) is 0 Å². The van der Waals surface area contributed by atoms with Gasteiger partial charge in [0.1, 0.15) is 5.84 Å². The Morgan fingerprint density at radius 3 is 2.45 bits per heavy atom. The molecule has 0 spiro atoms. The maximum absolute atomic E-state index is 4.61. The molecule has 0 amide bonds. The van der Waals surface area contributed by atoms with Crippen LogP contribution in [0.1, 0.15) is 46.1 Å². The van der Waals surface area contributed by atoms with Crippen LogP contribution in [-0.4, -0.2) is 24.8 Å². The predicted molar refractivity (Wildman–Crippen MR) is 90.6 cm³/mol. The van der Waals surface area contributed by atoms with E-state index in [-0.39, 0.29) is 0 Å². The van der Waals surface area contributed by atoms with Crippen LogP contribution in [0.3, 0.4) is 0 Å². The molecule has 2 heteroatoms. The van der Waals surface area contributed by atoms with Crippen LogP contribution in [0.2, 0.25) is 0 Å². The Morgan fingerprint density at radius 1 is 1.25 bits per heavy atom. The minimum atomic E-state index is 0.291. The van der Waals surface area contributed by atoms with Crippen molar-refractivity contribution in [1.29, 1.82) is 0 Å². The molecule has 1 aromatic rings. The molecule has 0 atom stereocenters. The predicted octanol–water partition coefficient (Wildman–Crippen LogP) is 5.14. The minimum absolute atomic E-state index is 0.291. The van der Waals surface area contributed by atoms with Crippen LogP contribution >= 0.6 is 0 Å². The fraction of sp³-hybridized carbons (Fsp3) is 0.500. The average molecular weight is 272 g/mol. The normalized spacial score (nSPS) is 13.0. The quantitative estimate of drug-likeness (QED) is 0.535. The van der Waals surface area contributed by atoms with E-state index in [9.17, 15) is 0 Å². The van der Waals surface area contributed by atoms with Gasteiger partial charge in [-0.25, -0.2) is 4.99 Å². The van der Waals surface area contributed by atoms with E-state index in [2.05, 4.69) is 56.1 Å². The summed E-state index contributed by atoms with van der Waals surface area (Å²) in [4.78, 5) is 6.63. The number of rotatable bonds is 5. The van der Waals surface area contributed by atoms with E-state index in [4.69, 9.17) is 0 Å². The van der Waals surface area contributed by atoms with Crippen LogP contribution in [0, 0.1) is 5.41 Å². The summed E-state index contributed by atoms with van der Waals surface area (Å²) in [6, 6.07) is 8.38. The number of hydrogen-bond donors (Lipinski definition) is 0. The lowest BCUT2D eigenvalue weighted by molar-refractivity contribution is 0.398. The van der Waals surface area contributed by atoms with Gasteiger partial charge >= 0.3 is 0 Å². The second kappa shape index (κ2) is 7.28. The molecular weight excluding hydrogens is 244 g/mol. The van der Waals surface area contributed by atoms with Gasteiger partial charge in [-0.3, -0.25) is 0 Å². The Hall–Kier alpha value is -1.57. The Bertz CT molecular complexity index is 480. The van der Waals surface area contributed by atoms with Crippen LogP contribution in [-0.2, 0) is 0 Å². The molecule has 0 N–H and O–H groups in total. The van der Waals surface area contributed by atoms with Crippen molar-refractivity contribution < 1.29 is 0 Å². The van der Waals surface area contributed by atoms with E-state index in [1.807, 2.05) is 32.0 Å². The molecule has 0 aromatic heterocycles. The van der Waals surface area contributed by atoms with Crippen molar-refractivity contribution in [3.63, 3.8) is 0 Å². The summed E-state index contributed by atoms with van der Waals surface area (Å²) in [5, 5.41) is 0. The first-order valence-electron chi connectivity index (χ1n) is 7.42. The largest absolute Gasteiger partial charge is 0.366 e. The van der Waals surface area contributed by atoms with Gasteiger partial charge in [-0.2, -0.15) is 0 Å². The Morgan fingerprint density at radius 2 is 1.90 bits per heavy atom. The third kappa shape index (κ3) is 4.84. The molecule has 0 saturated carbocycles. The molecule has 1 aromatic carbocycles. The number of benzene rings is 1. The van der Waals surface area contributed by atoms with Crippen LogP contribution < -0.4 is 0 Å². The molecule has 0 unspecified atom stereocenters. The smallest absolute Gasteiger partial charge is 0.101 e. The van der Waals surface area contributed by atoms with Gasteiger partial charge in [0.2, 0.25) is 0 Å². The molecule has 0 heterocycles. The third-order valence-electron chi connectivity index (χ3n) is 4.10. The van der Waals surface area contributed by atoms with E-state index in [0.717, 1.165) is 24.4 Å². The molecular formula is C18H28N2. The highest BCUT2D eigenvalue weighted by Gasteiger charge is 2.14. The number of hydrogen-bond acceptors (Lipinski definition) is 1. The highest BCUT2D eigenvalue weighted by atomic mass is 15.1. The Balaban J connectivity index is 2.94. The van der Waals surface area contributed by atoms with Gasteiger partial charge in [0, 0.05) is 14.1 Å². The van der Waals surface area contributed by atoms with E-state index in [1.165, 1.54) is 5.56 Å². The SMILES string of the molecule is CCC(C)(/C=C/c1cccc(N=C(C)N(C)C)c1)CC. The standard InChI is InChI=1S/C18H28N2/c1-7-18(4,8-2)13-12-16-10-9-11-17(14-16)19-15(3)20(5)6/h9-14H,7-8H2,1-6H3/b13-12+,19-15?. The molecule has 1 rings (SSSR count). The second-order valence-corrected chi connectivity index (χ2v) is 5.84. The summed E-state index contributed by atoms with van der Waals surface area (Å²) in [6.45, 7) is 8.82. The average Bonchev–Trinajstić information content (AvgIpc) is 2.45. The molecule has 20 heavy (non-hydrogen) atoms. The zero-order valence-electron chi connectivity index (χ0n) is 13.8. The third-order valence-corrected chi connectivity index (χ3v) is 4.10. The number of amidine groups is 1. The fourth-order valence-corrected chi connectivity index (χ4v) is 1.77. The Kier molecular flexibility index (Phi) is 6.00. The van der Waals surface area contributed by atoms with Crippen molar-refractivity contribution in [1.82, 2.24) is 4.90 Å². The number of allylic oxidation sites excluding steroid dienone is 1. The zero-order chi connectivity index (χ0) is 15.2. The van der Waals surface area contributed by atoms with Crippen molar-refractivity contribution in [2.24, 2.45) is 10.4 Å². The van der Waals surface area contributed by atoms with Crippen LogP contribution in [0.25, 0.3) is 6.08 Å². The summed E-state index contributed by atoms with van der Waals surface area (Å²) < 4.78 is 0. The van der Waals surface area contributed by atoms with Gasteiger partial charge in [0.15, 0.2) is 0 Å². The van der Waals surface area contributed by atoms with E-state index >= 15 is 0 Å². The number of nitrogens with zero attached hydrogens (tertiary/aromatic N) is 2. The molecule has 2 nitrogen and oxygen atoms in total. The summed E-state index contributed by atoms with van der Waals surface area (Å²) in [7, 11) is 4.02. The van der Waals surface area contributed by atoms with E-state index in [1.54, 1.807) is 0 Å². The highest BCUT2D eigenvalue weighted by molar-refractivity contribution is 5.82. The van der Waals surface area contributed by atoms with Crippen molar-refractivity contribution in [3.8, 4) is 0 Å². The highest BCUT2D eigenvalue weighted by Crippen LogP contribution is 2.28. The minimum Gasteiger partial charge on any atom is -0.366 e. The number of aliphatic imine (C=N–C) groups is 1. The van der Waals surface area contributed by atoms with Crippen LogP contribution in [0.4, 0.5) is 5.69 Å². The lowest BCUT2D eigenvalue weighted by Crippen LogP contribution is -2.17. The summed E-state index contributed by atoms with van der Waals surface area (Å²) in [5.41, 5.74) is 2.51. The first kappa shape index (κ1) is 16.5. The molecule has 0 bridgehead atoms. The lowest BCUT2D eigenvalue weighted by atomic mass is 9.84. The van der Waals surface area contributed by atoms with Crippen molar-refractivity contribution in [2.45, 2.75) is 40.5 Å². The van der Waals surface area contributed by atoms with E-state index < -0.39 is 0 Å². The van der Waals surface area contributed by atoms with Gasteiger partial charge in [-0.05, 0) is 42.9 Å². The van der Waals surface area contributed by atoms with Crippen molar-refractivity contribution >= 4 is 17.6 Å². The molecule has 110 valence electrons. The fourth-order valence-electron chi connectivity index (χ4n) is 1.77. The molecule has 0 saturated heterocycles. The van der Waals surface area contributed by atoms with Gasteiger partial charge in [0.25, 0.3) is 0 Å². The van der Waals surface area contributed by atoms with Crippen LogP contribution in [0.5, 0.6) is 0 Å². The van der Waals surface area contributed by atoms with Crippen molar-refractivity contribution in [3.05, 3.63) is 35.9 Å². The van der Waals surface area contributed by atoms with Gasteiger partial charge < -0.3 is 4.90 Å². The van der Waals surface area contributed by atoms with Gasteiger partial charge in [0.05, 0.1) is 5.69 Å². The first-order chi connectivity index (χ1) is 9.40. The molecule has 0 radical (unpaired) electrons. The maximum Gasteiger partial charge on any atom is 0.101 e. The van der Waals surface area contributed by atoms with E-state index in [0.29, 0.717) is 5.41 Å². The first-order valence-corrected chi connectivity index (χ1v) is 7.42. The monoisotopic (exact) mass is 272 g/mol. The Labute approximate surface area is 124 Å². The molecule has 0 fully saturated rings.